The van der Waals surface area contributed by atoms with Gasteiger partial charge in [-0.3, -0.25) is 14.9 Å². The highest BCUT2D eigenvalue weighted by molar-refractivity contribution is 6.39. The Kier molecular flexibility index (Phi) is 3.93. The van der Waals surface area contributed by atoms with Crippen molar-refractivity contribution in [1.82, 2.24) is 10.5 Å². The predicted molar refractivity (Wildman–Crippen MR) is 61.5 cm³/mol. The molecule has 1 unspecified atom stereocenters. The second kappa shape index (κ2) is 5.63. The Morgan fingerprint density at radius 1 is 1.50 bits per heavy atom. The monoisotopic (exact) mass is 253 g/mol. The van der Waals surface area contributed by atoms with Gasteiger partial charge in [0.2, 0.25) is 0 Å². The third kappa shape index (κ3) is 3.56. The molecule has 1 aliphatic rings. The molecule has 0 spiro atoms. The molecule has 1 saturated carbocycles. The molecule has 0 saturated heterocycles. The van der Waals surface area contributed by atoms with Crippen molar-refractivity contribution in [2.75, 3.05) is 11.9 Å². The first-order valence-corrected chi connectivity index (χ1v) is 5.84. The first-order valence-electron chi connectivity index (χ1n) is 5.84. The molecule has 1 aromatic rings. The number of aromatic nitrogens is 1. The highest BCUT2D eigenvalue weighted by Gasteiger charge is 2.29. The standard InChI is InChI=1S/C11H15N3O4/c15-8(7-1-2-7)3-5-12-10(16)11(17)13-9-4-6-18-14-9/h4,6-8,15H,1-3,5H2,(H,12,16)(H,13,14,17). The van der Waals surface area contributed by atoms with Crippen LogP contribution in [0.15, 0.2) is 16.9 Å². The Morgan fingerprint density at radius 3 is 2.89 bits per heavy atom. The van der Waals surface area contributed by atoms with Crippen LogP contribution in [0.4, 0.5) is 5.82 Å². The molecular formula is C11H15N3O4. The number of carbonyl (C=O) groups is 2. The Hall–Kier alpha value is -1.89. The summed E-state index contributed by atoms with van der Waals surface area (Å²) in [7, 11) is 0. The van der Waals surface area contributed by atoms with E-state index in [2.05, 4.69) is 20.3 Å². The van der Waals surface area contributed by atoms with Gasteiger partial charge in [-0.1, -0.05) is 5.16 Å². The first-order chi connectivity index (χ1) is 8.66. The fourth-order valence-electron chi connectivity index (χ4n) is 1.58. The molecule has 1 fully saturated rings. The Bertz CT molecular complexity index is 414. The van der Waals surface area contributed by atoms with Crippen LogP contribution in [0.5, 0.6) is 0 Å². The fraction of sp³-hybridized carbons (Fsp3) is 0.545. The van der Waals surface area contributed by atoms with Gasteiger partial charge in [0, 0.05) is 12.6 Å². The third-order valence-electron chi connectivity index (χ3n) is 2.78. The van der Waals surface area contributed by atoms with Gasteiger partial charge in [-0.15, -0.1) is 0 Å². The number of aliphatic hydroxyl groups excluding tert-OH is 1. The maximum atomic E-state index is 11.4. The zero-order valence-electron chi connectivity index (χ0n) is 9.76. The number of hydrogen-bond acceptors (Lipinski definition) is 5. The average molecular weight is 253 g/mol. The van der Waals surface area contributed by atoms with E-state index in [-0.39, 0.29) is 18.5 Å². The summed E-state index contributed by atoms with van der Waals surface area (Å²) in [5.41, 5.74) is 0. The van der Waals surface area contributed by atoms with Crippen molar-refractivity contribution in [3.8, 4) is 0 Å². The molecule has 7 nitrogen and oxygen atoms in total. The van der Waals surface area contributed by atoms with E-state index in [1.807, 2.05) is 0 Å². The summed E-state index contributed by atoms with van der Waals surface area (Å²) in [5.74, 6) is -0.996. The number of amides is 2. The van der Waals surface area contributed by atoms with Crippen molar-refractivity contribution in [3.63, 3.8) is 0 Å². The van der Waals surface area contributed by atoms with Crippen molar-refractivity contribution in [2.45, 2.75) is 25.4 Å². The summed E-state index contributed by atoms with van der Waals surface area (Å²) < 4.78 is 4.51. The van der Waals surface area contributed by atoms with Crippen LogP contribution in [-0.4, -0.2) is 34.7 Å². The van der Waals surface area contributed by atoms with Crippen LogP contribution in [0.1, 0.15) is 19.3 Å². The smallest absolute Gasteiger partial charge is 0.314 e. The number of nitrogens with one attached hydrogen (secondary N) is 2. The molecule has 1 aliphatic carbocycles. The quantitative estimate of drug-likeness (QED) is 0.635. The largest absolute Gasteiger partial charge is 0.393 e. The van der Waals surface area contributed by atoms with Gasteiger partial charge < -0.3 is 14.9 Å². The van der Waals surface area contributed by atoms with E-state index in [1.165, 1.54) is 12.3 Å². The molecule has 0 aliphatic heterocycles. The summed E-state index contributed by atoms with van der Waals surface area (Å²) in [6.07, 6.45) is 3.46. The lowest BCUT2D eigenvalue weighted by Crippen LogP contribution is -2.37. The molecule has 2 amide bonds. The van der Waals surface area contributed by atoms with Gasteiger partial charge in [-0.05, 0) is 25.2 Å². The molecular weight excluding hydrogens is 238 g/mol. The van der Waals surface area contributed by atoms with Crippen LogP contribution in [0.2, 0.25) is 0 Å². The fourth-order valence-corrected chi connectivity index (χ4v) is 1.58. The maximum Gasteiger partial charge on any atom is 0.314 e. The number of nitrogens with zero attached hydrogens (tertiary/aromatic N) is 1. The molecule has 2 rings (SSSR count). The van der Waals surface area contributed by atoms with E-state index in [9.17, 15) is 14.7 Å². The zero-order chi connectivity index (χ0) is 13.0. The molecule has 7 heteroatoms. The highest BCUT2D eigenvalue weighted by Crippen LogP contribution is 2.33. The van der Waals surface area contributed by atoms with E-state index in [0.717, 1.165) is 12.8 Å². The Morgan fingerprint density at radius 2 is 2.28 bits per heavy atom. The van der Waals surface area contributed by atoms with Crippen molar-refractivity contribution < 1.29 is 19.2 Å². The van der Waals surface area contributed by atoms with E-state index in [0.29, 0.717) is 12.3 Å². The Balaban J connectivity index is 1.65. The summed E-state index contributed by atoms with van der Waals surface area (Å²) in [6.45, 7) is 0.280. The van der Waals surface area contributed by atoms with Gasteiger partial charge in [0.25, 0.3) is 0 Å². The van der Waals surface area contributed by atoms with Gasteiger partial charge in [-0.25, -0.2) is 0 Å². The van der Waals surface area contributed by atoms with Crippen molar-refractivity contribution >= 4 is 17.6 Å². The molecule has 98 valence electrons. The molecule has 1 atom stereocenters. The van der Waals surface area contributed by atoms with Crippen molar-refractivity contribution in [1.29, 1.82) is 0 Å². The Labute approximate surface area is 104 Å². The lowest BCUT2D eigenvalue weighted by atomic mass is 10.2. The second-order valence-electron chi connectivity index (χ2n) is 4.29. The van der Waals surface area contributed by atoms with Gasteiger partial charge in [0.15, 0.2) is 5.82 Å². The predicted octanol–water partition coefficient (Wildman–Crippen LogP) is -0.110. The number of aliphatic hydroxyl groups is 1. The minimum absolute atomic E-state index is 0.188. The number of anilines is 1. The average Bonchev–Trinajstić information content (AvgIpc) is 3.08. The summed E-state index contributed by atoms with van der Waals surface area (Å²) in [5, 5.41) is 17.7. The zero-order valence-corrected chi connectivity index (χ0v) is 9.76. The summed E-state index contributed by atoms with van der Waals surface area (Å²) in [6, 6.07) is 1.43. The lowest BCUT2D eigenvalue weighted by Gasteiger charge is -2.09. The lowest BCUT2D eigenvalue weighted by molar-refractivity contribution is -0.136. The van der Waals surface area contributed by atoms with E-state index < -0.39 is 11.8 Å². The SMILES string of the molecule is O=C(NCCC(O)C1CC1)C(=O)Nc1ccon1. The topological polar surface area (TPSA) is 104 Å². The minimum Gasteiger partial charge on any atom is -0.393 e. The molecule has 0 aromatic carbocycles. The van der Waals surface area contributed by atoms with Gasteiger partial charge in [-0.2, -0.15) is 0 Å². The number of hydrogen-bond donors (Lipinski definition) is 3. The third-order valence-corrected chi connectivity index (χ3v) is 2.78. The van der Waals surface area contributed by atoms with Gasteiger partial charge >= 0.3 is 11.8 Å². The first kappa shape index (κ1) is 12.6. The highest BCUT2D eigenvalue weighted by atomic mass is 16.5. The molecule has 0 radical (unpaired) electrons. The van der Waals surface area contributed by atoms with Crippen LogP contribution in [0.3, 0.4) is 0 Å². The van der Waals surface area contributed by atoms with Crippen molar-refractivity contribution in [3.05, 3.63) is 12.3 Å². The number of rotatable bonds is 5. The molecule has 1 aromatic heterocycles. The van der Waals surface area contributed by atoms with Crippen LogP contribution < -0.4 is 10.6 Å². The minimum atomic E-state index is -0.801. The molecule has 18 heavy (non-hydrogen) atoms. The van der Waals surface area contributed by atoms with E-state index in [1.54, 1.807) is 0 Å². The maximum absolute atomic E-state index is 11.4. The van der Waals surface area contributed by atoms with E-state index >= 15 is 0 Å². The number of carbonyl (C=O) groups excluding carboxylic acids is 2. The van der Waals surface area contributed by atoms with Crippen LogP contribution in [-0.2, 0) is 9.59 Å². The summed E-state index contributed by atoms with van der Waals surface area (Å²) >= 11 is 0. The van der Waals surface area contributed by atoms with Gasteiger partial charge in [0.1, 0.15) is 6.26 Å². The van der Waals surface area contributed by atoms with E-state index in [4.69, 9.17) is 0 Å². The normalized spacial score (nSPS) is 16.1. The second-order valence-corrected chi connectivity index (χ2v) is 4.29. The molecule has 1 heterocycles. The van der Waals surface area contributed by atoms with Crippen LogP contribution in [0.25, 0.3) is 0 Å². The summed E-state index contributed by atoms with van der Waals surface area (Å²) in [4.78, 5) is 22.7. The molecule has 0 bridgehead atoms. The molecule has 3 N–H and O–H groups in total. The van der Waals surface area contributed by atoms with Gasteiger partial charge in [0.05, 0.1) is 6.10 Å². The van der Waals surface area contributed by atoms with Crippen molar-refractivity contribution in [2.24, 2.45) is 5.92 Å². The van der Waals surface area contributed by atoms with Crippen LogP contribution in [0, 0.1) is 5.92 Å². The van der Waals surface area contributed by atoms with Crippen LogP contribution >= 0.6 is 0 Å².